The van der Waals surface area contributed by atoms with Gasteiger partial charge in [-0.25, -0.2) is 23.1 Å². The van der Waals surface area contributed by atoms with E-state index >= 15 is 0 Å². The largest absolute Gasteiger partial charge is 0.326 e. The molecule has 0 saturated carbocycles. The molecule has 2 aromatic rings. The third kappa shape index (κ3) is 4.76. The molecule has 1 atom stereocenters. The van der Waals surface area contributed by atoms with Crippen LogP contribution in [-0.4, -0.2) is 24.3 Å². The SMILES string of the molecule is CCC[C@H](C)C(=O)Nc1ccc(S(=O)(=O)Nc2ncccn2)cc1. The smallest absolute Gasteiger partial charge is 0.264 e. The molecular weight excluding hydrogens is 328 g/mol. The standard InChI is InChI=1S/C16H20N4O3S/c1-3-5-12(2)15(21)19-13-6-8-14(9-7-13)24(22,23)20-16-17-10-4-11-18-16/h4,6-12H,3,5H2,1-2H3,(H,19,21)(H,17,18,20)/t12-/m0/s1. The Kier molecular flexibility index (Phi) is 5.86. The molecule has 0 aliphatic carbocycles. The molecule has 0 aliphatic heterocycles. The van der Waals surface area contributed by atoms with Crippen LogP contribution in [0.15, 0.2) is 47.6 Å². The summed E-state index contributed by atoms with van der Waals surface area (Å²) in [6.45, 7) is 3.88. The van der Waals surface area contributed by atoms with Crippen LogP contribution >= 0.6 is 0 Å². The van der Waals surface area contributed by atoms with E-state index < -0.39 is 10.0 Å². The van der Waals surface area contributed by atoms with Crippen LogP contribution in [-0.2, 0) is 14.8 Å². The van der Waals surface area contributed by atoms with Crippen molar-refractivity contribution in [3.63, 3.8) is 0 Å². The van der Waals surface area contributed by atoms with Gasteiger partial charge in [0, 0.05) is 24.0 Å². The van der Waals surface area contributed by atoms with Crippen molar-refractivity contribution in [2.45, 2.75) is 31.6 Å². The monoisotopic (exact) mass is 348 g/mol. The number of sulfonamides is 1. The number of rotatable bonds is 7. The van der Waals surface area contributed by atoms with E-state index in [0.717, 1.165) is 12.8 Å². The first-order chi connectivity index (χ1) is 11.4. The molecule has 0 spiro atoms. The van der Waals surface area contributed by atoms with Crippen LogP contribution in [0.3, 0.4) is 0 Å². The number of anilines is 2. The average molecular weight is 348 g/mol. The molecule has 0 bridgehead atoms. The third-order valence-corrected chi connectivity index (χ3v) is 4.74. The van der Waals surface area contributed by atoms with Crippen molar-refractivity contribution in [2.24, 2.45) is 5.92 Å². The summed E-state index contributed by atoms with van der Waals surface area (Å²) < 4.78 is 26.8. The van der Waals surface area contributed by atoms with Gasteiger partial charge >= 0.3 is 0 Å². The summed E-state index contributed by atoms with van der Waals surface area (Å²) >= 11 is 0. The van der Waals surface area contributed by atoms with Crippen molar-refractivity contribution in [1.82, 2.24) is 9.97 Å². The Morgan fingerprint density at radius 2 is 1.79 bits per heavy atom. The number of hydrogen-bond donors (Lipinski definition) is 2. The molecule has 1 aromatic carbocycles. The lowest BCUT2D eigenvalue weighted by Gasteiger charge is -2.12. The molecule has 7 nitrogen and oxygen atoms in total. The summed E-state index contributed by atoms with van der Waals surface area (Å²) in [5.74, 6) is -0.165. The van der Waals surface area contributed by atoms with Crippen molar-refractivity contribution < 1.29 is 13.2 Å². The first kappa shape index (κ1) is 17.9. The van der Waals surface area contributed by atoms with E-state index in [4.69, 9.17) is 0 Å². The van der Waals surface area contributed by atoms with Crippen LogP contribution in [0.25, 0.3) is 0 Å². The Balaban J connectivity index is 2.07. The van der Waals surface area contributed by atoms with Crippen LogP contribution in [0, 0.1) is 5.92 Å². The number of carbonyl (C=O) groups excluding carboxylic acids is 1. The van der Waals surface area contributed by atoms with Crippen LogP contribution in [0.5, 0.6) is 0 Å². The van der Waals surface area contributed by atoms with E-state index in [9.17, 15) is 13.2 Å². The van der Waals surface area contributed by atoms with Crippen molar-refractivity contribution in [3.8, 4) is 0 Å². The fourth-order valence-electron chi connectivity index (χ4n) is 2.08. The lowest BCUT2D eigenvalue weighted by Crippen LogP contribution is -2.20. The number of nitrogens with zero attached hydrogens (tertiary/aromatic N) is 2. The maximum atomic E-state index is 12.3. The number of hydrogen-bond acceptors (Lipinski definition) is 5. The van der Waals surface area contributed by atoms with Gasteiger partial charge in [-0.15, -0.1) is 0 Å². The highest BCUT2D eigenvalue weighted by Gasteiger charge is 2.16. The molecule has 0 saturated heterocycles. The first-order valence-electron chi connectivity index (χ1n) is 7.63. The lowest BCUT2D eigenvalue weighted by molar-refractivity contribution is -0.119. The minimum absolute atomic E-state index is 0.00303. The molecule has 2 rings (SSSR count). The van der Waals surface area contributed by atoms with Gasteiger partial charge in [-0.05, 0) is 36.8 Å². The van der Waals surface area contributed by atoms with Crippen molar-refractivity contribution in [1.29, 1.82) is 0 Å². The van der Waals surface area contributed by atoms with Gasteiger partial charge in [0.25, 0.3) is 10.0 Å². The number of aromatic nitrogens is 2. The second kappa shape index (κ2) is 7.87. The molecule has 128 valence electrons. The maximum absolute atomic E-state index is 12.3. The highest BCUT2D eigenvalue weighted by atomic mass is 32.2. The van der Waals surface area contributed by atoms with Crippen molar-refractivity contribution in [3.05, 3.63) is 42.7 Å². The third-order valence-electron chi connectivity index (χ3n) is 3.39. The van der Waals surface area contributed by atoms with Gasteiger partial charge in [-0.3, -0.25) is 4.79 Å². The Morgan fingerprint density at radius 3 is 2.38 bits per heavy atom. The minimum Gasteiger partial charge on any atom is -0.326 e. The molecule has 1 amide bonds. The van der Waals surface area contributed by atoms with Gasteiger partial charge in [0.2, 0.25) is 11.9 Å². The molecule has 24 heavy (non-hydrogen) atoms. The Hall–Kier alpha value is -2.48. The first-order valence-corrected chi connectivity index (χ1v) is 9.11. The zero-order chi connectivity index (χ0) is 17.6. The Morgan fingerprint density at radius 1 is 1.17 bits per heavy atom. The lowest BCUT2D eigenvalue weighted by atomic mass is 10.1. The fraction of sp³-hybridized carbons (Fsp3) is 0.312. The molecule has 1 heterocycles. The summed E-state index contributed by atoms with van der Waals surface area (Å²) in [5.41, 5.74) is 0.554. The van der Waals surface area contributed by atoms with Gasteiger partial charge in [0.15, 0.2) is 0 Å². The summed E-state index contributed by atoms with van der Waals surface area (Å²) in [4.78, 5) is 19.7. The molecule has 2 N–H and O–H groups in total. The zero-order valence-corrected chi connectivity index (χ0v) is 14.4. The number of nitrogens with one attached hydrogen (secondary N) is 2. The van der Waals surface area contributed by atoms with Crippen molar-refractivity contribution >= 4 is 27.6 Å². The predicted octanol–water partition coefficient (Wildman–Crippen LogP) is 2.65. The summed E-state index contributed by atoms with van der Waals surface area (Å²) in [6.07, 6.45) is 4.63. The zero-order valence-electron chi connectivity index (χ0n) is 13.6. The summed E-state index contributed by atoms with van der Waals surface area (Å²) in [5, 5.41) is 2.78. The summed E-state index contributed by atoms with van der Waals surface area (Å²) in [7, 11) is -3.77. The fourth-order valence-corrected chi connectivity index (χ4v) is 3.04. The summed E-state index contributed by atoms with van der Waals surface area (Å²) in [6, 6.07) is 7.54. The van der Waals surface area contributed by atoms with E-state index in [0.29, 0.717) is 5.69 Å². The molecule has 1 aromatic heterocycles. The van der Waals surface area contributed by atoms with Crippen LogP contribution in [0.4, 0.5) is 11.6 Å². The van der Waals surface area contributed by atoms with Gasteiger partial charge in [0.1, 0.15) is 0 Å². The molecule has 0 radical (unpaired) electrons. The maximum Gasteiger partial charge on any atom is 0.264 e. The van der Waals surface area contributed by atoms with Crippen LogP contribution in [0.2, 0.25) is 0 Å². The highest BCUT2D eigenvalue weighted by molar-refractivity contribution is 7.92. The van der Waals surface area contributed by atoms with E-state index in [-0.39, 0.29) is 22.7 Å². The predicted molar refractivity (Wildman–Crippen MR) is 92.0 cm³/mol. The average Bonchev–Trinajstić information content (AvgIpc) is 2.56. The Bertz CT molecular complexity index is 777. The van der Waals surface area contributed by atoms with E-state index in [1.54, 1.807) is 18.2 Å². The van der Waals surface area contributed by atoms with E-state index in [1.165, 1.54) is 24.5 Å². The number of benzene rings is 1. The Labute approximate surface area is 141 Å². The highest BCUT2D eigenvalue weighted by Crippen LogP contribution is 2.17. The molecular formula is C16H20N4O3S. The quantitative estimate of drug-likeness (QED) is 0.801. The van der Waals surface area contributed by atoms with Gasteiger partial charge < -0.3 is 5.32 Å². The van der Waals surface area contributed by atoms with Crippen LogP contribution < -0.4 is 10.0 Å². The van der Waals surface area contributed by atoms with Gasteiger partial charge in [-0.2, -0.15) is 0 Å². The second-order valence-corrected chi connectivity index (χ2v) is 7.06. The number of carbonyl (C=O) groups is 1. The molecule has 0 unspecified atom stereocenters. The molecule has 0 fully saturated rings. The number of amides is 1. The minimum atomic E-state index is -3.77. The van der Waals surface area contributed by atoms with E-state index in [1.807, 2.05) is 13.8 Å². The van der Waals surface area contributed by atoms with Crippen molar-refractivity contribution in [2.75, 3.05) is 10.0 Å². The second-order valence-electron chi connectivity index (χ2n) is 5.38. The van der Waals surface area contributed by atoms with Gasteiger partial charge in [0.05, 0.1) is 4.90 Å². The topological polar surface area (TPSA) is 101 Å². The van der Waals surface area contributed by atoms with E-state index in [2.05, 4.69) is 20.0 Å². The molecule has 0 aliphatic rings. The normalized spacial score (nSPS) is 12.4. The van der Waals surface area contributed by atoms with Crippen LogP contribution in [0.1, 0.15) is 26.7 Å². The van der Waals surface area contributed by atoms with Gasteiger partial charge in [-0.1, -0.05) is 20.3 Å². The molecule has 8 heteroatoms.